The highest BCUT2D eigenvalue weighted by molar-refractivity contribution is 7.13. The van der Waals surface area contributed by atoms with Crippen molar-refractivity contribution in [2.45, 2.75) is 46.1 Å². The molecule has 1 aliphatic heterocycles. The van der Waals surface area contributed by atoms with Gasteiger partial charge in [-0.3, -0.25) is 14.4 Å². The zero-order chi connectivity index (χ0) is 24.0. The van der Waals surface area contributed by atoms with E-state index in [4.69, 9.17) is 4.74 Å². The highest BCUT2D eigenvalue weighted by Gasteiger charge is 2.23. The molecular formula is C24H32N4O4S. The van der Waals surface area contributed by atoms with Crippen molar-refractivity contribution in [3.63, 3.8) is 0 Å². The second-order valence-corrected chi connectivity index (χ2v) is 9.55. The summed E-state index contributed by atoms with van der Waals surface area (Å²) in [5.41, 5.74) is 1.13. The summed E-state index contributed by atoms with van der Waals surface area (Å²) in [5, 5.41) is 4.98. The number of rotatable bonds is 8. The Hall–Kier alpha value is -2.94. The zero-order valence-electron chi connectivity index (χ0n) is 19.7. The van der Waals surface area contributed by atoms with Gasteiger partial charge in [0, 0.05) is 30.1 Å². The number of hydrogen-bond donors (Lipinski definition) is 1. The van der Waals surface area contributed by atoms with E-state index in [2.05, 4.69) is 17.2 Å². The van der Waals surface area contributed by atoms with E-state index < -0.39 is 0 Å². The van der Waals surface area contributed by atoms with Gasteiger partial charge in [0.2, 0.25) is 11.8 Å². The zero-order valence-corrected chi connectivity index (χ0v) is 20.5. The van der Waals surface area contributed by atoms with Gasteiger partial charge in [0.1, 0.15) is 12.3 Å². The molecule has 0 atom stereocenters. The number of ether oxygens (including phenoxy) is 1. The van der Waals surface area contributed by atoms with Crippen molar-refractivity contribution < 1.29 is 19.1 Å². The van der Waals surface area contributed by atoms with Gasteiger partial charge in [-0.15, -0.1) is 11.3 Å². The molecule has 9 heteroatoms. The quantitative estimate of drug-likeness (QED) is 0.635. The van der Waals surface area contributed by atoms with Crippen LogP contribution in [0.15, 0.2) is 29.6 Å². The lowest BCUT2D eigenvalue weighted by Gasteiger charge is -2.30. The van der Waals surface area contributed by atoms with Crippen molar-refractivity contribution in [2.24, 2.45) is 5.92 Å². The van der Waals surface area contributed by atoms with E-state index in [1.165, 1.54) is 16.2 Å². The van der Waals surface area contributed by atoms with Gasteiger partial charge < -0.3 is 19.9 Å². The Balaban J connectivity index is 1.55. The molecule has 1 fully saturated rings. The molecule has 3 rings (SSSR count). The van der Waals surface area contributed by atoms with Crippen LogP contribution in [-0.4, -0.2) is 65.3 Å². The molecule has 178 valence electrons. The van der Waals surface area contributed by atoms with Crippen molar-refractivity contribution in [3.05, 3.63) is 40.9 Å². The van der Waals surface area contributed by atoms with E-state index in [0.29, 0.717) is 28.1 Å². The lowest BCUT2D eigenvalue weighted by Crippen LogP contribution is -2.42. The minimum absolute atomic E-state index is 0.0705. The molecule has 0 saturated carbocycles. The Labute approximate surface area is 198 Å². The molecule has 1 N–H and O–H groups in total. The lowest BCUT2D eigenvalue weighted by molar-refractivity contribution is -0.131. The molecule has 1 aliphatic rings. The van der Waals surface area contributed by atoms with E-state index in [0.717, 1.165) is 25.9 Å². The number of carbonyl (C=O) groups is 3. The fourth-order valence-electron chi connectivity index (χ4n) is 3.67. The van der Waals surface area contributed by atoms with Crippen molar-refractivity contribution in [3.8, 4) is 5.75 Å². The molecule has 0 unspecified atom stereocenters. The fourth-order valence-corrected chi connectivity index (χ4v) is 4.40. The molecule has 2 aromatic rings. The largest absolute Gasteiger partial charge is 0.497 e. The Bertz CT molecular complexity index is 965. The number of nitrogens with one attached hydrogen (secondary N) is 1. The number of carbonyl (C=O) groups excluding carboxylic acids is 3. The second-order valence-electron chi connectivity index (χ2n) is 8.69. The van der Waals surface area contributed by atoms with Gasteiger partial charge in [0.15, 0.2) is 5.13 Å². The average molecular weight is 473 g/mol. The number of benzene rings is 1. The fraction of sp³-hybridized carbons (Fsp3) is 0.500. The molecule has 8 nitrogen and oxygen atoms in total. The summed E-state index contributed by atoms with van der Waals surface area (Å²) in [4.78, 5) is 45.9. The number of anilines is 1. The van der Waals surface area contributed by atoms with Crippen molar-refractivity contribution in [1.29, 1.82) is 0 Å². The van der Waals surface area contributed by atoms with E-state index in [1.807, 2.05) is 18.7 Å². The van der Waals surface area contributed by atoms with Gasteiger partial charge in [0.25, 0.3) is 5.91 Å². The summed E-state index contributed by atoms with van der Waals surface area (Å²) in [5.74, 6) is 0.832. The van der Waals surface area contributed by atoms with E-state index in [9.17, 15) is 14.4 Å². The Morgan fingerprint density at radius 3 is 2.48 bits per heavy atom. The maximum atomic E-state index is 12.9. The highest BCUT2D eigenvalue weighted by atomic mass is 32.1. The third kappa shape index (κ3) is 6.77. The van der Waals surface area contributed by atoms with Crippen LogP contribution in [0.2, 0.25) is 0 Å². The van der Waals surface area contributed by atoms with Crippen LogP contribution in [0.1, 0.15) is 49.7 Å². The molecule has 1 saturated heterocycles. The normalized spacial score (nSPS) is 14.3. The monoisotopic (exact) mass is 472 g/mol. The van der Waals surface area contributed by atoms with Crippen LogP contribution < -0.4 is 10.1 Å². The molecule has 0 spiro atoms. The SMILES string of the molecule is COc1ccc(C(=O)N(CC(=O)Nc2nc(CC(=O)N3CCC(C)CC3)cs2)C(C)C)cc1. The number of thiazole rings is 1. The minimum Gasteiger partial charge on any atom is -0.497 e. The van der Waals surface area contributed by atoms with Gasteiger partial charge in [0.05, 0.1) is 19.2 Å². The van der Waals surface area contributed by atoms with Crippen LogP contribution in [0.5, 0.6) is 5.75 Å². The van der Waals surface area contributed by atoms with E-state index in [-0.39, 0.29) is 36.7 Å². The molecule has 0 aliphatic carbocycles. The summed E-state index contributed by atoms with van der Waals surface area (Å²) in [6.07, 6.45) is 2.30. The van der Waals surface area contributed by atoms with Gasteiger partial charge in [-0.2, -0.15) is 0 Å². The Kier molecular flexibility index (Phi) is 8.43. The summed E-state index contributed by atoms with van der Waals surface area (Å²) in [7, 11) is 1.57. The van der Waals surface area contributed by atoms with Crippen LogP contribution in [-0.2, 0) is 16.0 Å². The first-order valence-corrected chi connectivity index (χ1v) is 12.1. The number of nitrogens with zero attached hydrogens (tertiary/aromatic N) is 3. The van der Waals surface area contributed by atoms with Gasteiger partial charge >= 0.3 is 0 Å². The number of likely N-dealkylation sites (tertiary alicyclic amines) is 1. The lowest BCUT2D eigenvalue weighted by atomic mass is 9.99. The number of piperidine rings is 1. The first-order chi connectivity index (χ1) is 15.8. The summed E-state index contributed by atoms with van der Waals surface area (Å²) in [6.45, 7) is 7.43. The maximum Gasteiger partial charge on any atom is 0.254 e. The smallest absolute Gasteiger partial charge is 0.254 e. The molecular weight excluding hydrogens is 440 g/mol. The molecule has 0 bridgehead atoms. The molecule has 1 aromatic carbocycles. The first-order valence-electron chi connectivity index (χ1n) is 11.2. The summed E-state index contributed by atoms with van der Waals surface area (Å²) < 4.78 is 5.13. The Morgan fingerprint density at radius 1 is 1.21 bits per heavy atom. The number of methoxy groups -OCH3 is 1. The number of aromatic nitrogens is 1. The third-order valence-electron chi connectivity index (χ3n) is 5.80. The third-order valence-corrected chi connectivity index (χ3v) is 6.61. The number of hydrogen-bond acceptors (Lipinski definition) is 6. The Morgan fingerprint density at radius 2 is 1.88 bits per heavy atom. The number of amides is 3. The molecule has 3 amide bonds. The van der Waals surface area contributed by atoms with Gasteiger partial charge in [-0.25, -0.2) is 4.98 Å². The van der Waals surface area contributed by atoms with Crippen LogP contribution in [0, 0.1) is 5.92 Å². The molecule has 0 radical (unpaired) electrons. The van der Waals surface area contributed by atoms with Crippen molar-refractivity contribution >= 4 is 34.2 Å². The molecule has 33 heavy (non-hydrogen) atoms. The first kappa shape index (κ1) is 24.7. The van der Waals surface area contributed by atoms with Crippen LogP contribution in [0.25, 0.3) is 0 Å². The van der Waals surface area contributed by atoms with E-state index in [1.54, 1.807) is 36.8 Å². The summed E-state index contributed by atoms with van der Waals surface area (Å²) >= 11 is 1.28. The van der Waals surface area contributed by atoms with Crippen molar-refractivity contribution in [2.75, 3.05) is 32.1 Å². The highest BCUT2D eigenvalue weighted by Crippen LogP contribution is 2.20. The average Bonchev–Trinajstić information content (AvgIpc) is 3.23. The van der Waals surface area contributed by atoms with Crippen LogP contribution >= 0.6 is 11.3 Å². The summed E-state index contributed by atoms with van der Waals surface area (Å²) in [6, 6.07) is 6.63. The molecule has 2 heterocycles. The predicted octanol–water partition coefficient (Wildman–Crippen LogP) is 3.44. The molecule has 1 aromatic heterocycles. The van der Waals surface area contributed by atoms with Gasteiger partial charge in [-0.1, -0.05) is 6.92 Å². The predicted molar refractivity (Wildman–Crippen MR) is 129 cm³/mol. The van der Waals surface area contributed by atoms with Crippen molar-refractivity contribution in [1.82, 2.24) is 14.8 Å². The van der Waals surface area contributed by atoms with Crippen LogP contribution in [0.3, 0.4) is 0 Å². The van der Waals surface area contributed by atoms with E-state index >= 15 is 0 Å². The van der Waals surface area contributed by atoms with Crippen LogP contribution in [0.4, 0.5) is 5.13 Å². The standard InChI is InChI=1S/C24H32N4O4S/c1-16(2)28(23(31)18-5-7-20(32-4)8-6-18)14-21(29)26-24-25-19(15-33-24)13-22(30)27-11-9-17(3)10-12-27/h5-8,15-17H,9-14H2,1-4H3,(H,25,26,29). The maximum absolute atomic E-state index is 12.9. The minimum atomic E-state index is -0.331. The second kappa shape index (κ2) is 11.3. The topological polar surface area (TPSA) is 91.8 Å². The van der Waals surface area contributed by atoms with Gasteiger partial charge in [-0.05, 0) is 56.9 Å².